The molecular weight excluding hydrogens is 305 g/mol. The number of rotatable bonds is 2. The summed E-state index contributed by atoms with van der Waals surface area (Å²) in [5.41, 5.74) is 0. The summed E-state index contributed by atoms with van der Waals surface area (Å²) >= 11 is 0. The van der Waals surface area contributed by atoms with Gasteiger partial charge in [-0.15, -0.1) is 0 Å². The van der Waals surface area contributed by atoms with Crippen molar-refractivity contribution in [3.05, 3.63) is 30.1 Å². The number of hydrogen-bond donors (Lipinski definition) is 0. The molecule has 0 spiro atoms. The maximum Gasteiger partial charge on any atom is 0.243 e. The van der Waals surface area contributed by atoms with E-state index in [2.05, 4.69) is 0 Å². The van der Waals surface area contributed by atoms with Crippen LogP contribution in [0.1, 0.15) is 6.92 Å². The quantitative estimate of drug-likeness (QED) is 0.811. The molecule has 0 saturated carbocycles. The van der Waals surface area contributed by atoms with E-state index in [0.29, 0.717) is 0 Å². The molecule has 0 N–H and O–H groups in total. The Morgan fingerprint density at radius 2 is 2.05 bits per heavy atom. The van der Waals surface area contributed by atoms with Gasteiger partial charge < -0.3 is 0 Å². The lowest BCUT2D eigenvalue weighted by atomic mass is 10.2. The fourth-order valence-electron chi connectivity index (χ4n) is 2.24. The zero-order valence-corrected chi connectivity index (χ0v) is 12.6. The normalized spacial score (nSPS) is 24.2. The summed E-state index contributed by atoms with van der Waals surface area (Å²) in [5.74, 6) is -1.15. The molecular formula is C12H16FNO4S2. The summed E-state index contributed by atoms with van der Waals surface area (Å²) in [7, 11) is -7.09. The van der Waals surface area contributed by atoms with E-state index >= 15 is 0 Å². The van der Waals surface area contributed by atoms with E-state index in [1.807, 2.05) is 0 Å². The zero-order valence-electron chi connectivity index (χ0n) is 11.0. The molecule has 0 amide bonds. The number of nitrogens with zero attached hydrogens (tertiary/aromatic N) is 1. The first-order valence-corrected chi connectivity index (χ1v) is 9.43. The molecule has 0 radical (unpaired) electrons. The van der Waals surface area contributed by atoms with Crippen molar-refractivity contribution in [1.82, 2.24) is 4.31 Å². The van der Waals surface area contributed by atoms with E-state index in [1.165, 1.54) is 12.1 Å². The molecule has 5 nitrogen and oxygen atoms in total. The Kier molecular flexibility index (Phi) is 4.17. The second-order valence-electron chi connectivity index (χ2n) is 5.04. The van der Waals surface area contributed by atoms with Gasteiger partial charge in [-0.05, 0) is 24.1 Å². The van der Waals surface area contributed by atoms with E-state index in [-0.39, 0.29) is 35.4 Å². The van der Waals surface area contributed by atoms with E-state index in [1.54, 1.807) is 6.92 Å². The molecule has 20 heavy (non-hydrogen) atoms. The van der Waals surface area contributed by atoms with Crippen LogP contribution in [0.3, 0.4) is 0 Å². The summed E-state index contributed by atoms with van der Waals surface area (Å²) < 4.78 is 62.4. The number of hydrogen-bond acceptors (Lipinski definition) is 4. The fourth-order valence-corrected chi connectivity index (χ4v) is 5.59. The topological polar surface area (TPSA) is 71.5 Å². The van der Waals surface area contributed by atoms with Gasteiger partial charge in [-0.25, -0.2) is 21.2 Å². The minimum Gasteiger partial charge on any atom is -0.229 e. The van der Waals surface area contributed by atoms with Gasteiger partial charge in [0.15, 0.2) is 9.84 Å². The highest BCUT2D eigenvalue weighted by atomic mass is 32.2. The van der Waals surface area contributed by atoms with E-state index < -0.39 is 25.7 Å². The molecule has 0 aliphatic carbocycles. The average Bonchev–Trinajstić information content (AvgIpc) is 2.47. The Morgan fingerprint density at radius 1 is 1.35 bits per heavy atom. The highest BCUT2D eigenvalue weighted by molar-refractivity contribution is 7.91. The lowest BCUT2D eigenvalue weighted by Crippen LogP contribution is -2.35. The first kappa shape index (κ1) is 15.4. The van der Waals surface area contributed by atoms with Crippen LogP contribution in [0.5, 0.6) is 0 Å². The first-order chi connectivity index (χ1) is 9.21. The smallest absolute Gasteiger partial charge is 0.229 e. The summed E-state index contributed by atoms with van der Waals surface area (Å²) in [6.07, 6.45) is 0. The predicted octanol–water partition coefficient (Wildman–Crippen LogP) is 0.881. The van der Waals surface area contributed by atoms with Crippen molar-refractivity contribution < 1.29 is 21.2 Å². The van der Waals surface area contributed by atoms with E-state index in [0.717, 1.165) is 16.4 Å². The van der Waals surface area contributed by atoms with Crippen molar-refractivity contribution in [3.63, 3.8) is 0 Å². The highest BCUT2D eigenvalue weighted by Gasteiger charge is 2.32. The number of sulfonamides is 1. The van der Waals surface area contributed by atoms with Gasteiger partial charge in [0.05, 0.1) is 16.4 Å². The zero-order chi connectivity index (χ0) is 15.0. The van der Waals surface area contributed by atoms with Gasteiger partial charge in [0.1, 0.15) is 5.82 Å². The highest BCUT2D eigenvalue weighted by Crippen LogP contribution is 2.21. The van der Waals surface area contributed by atoms with E-state index in [9.17, 15) is 21.2 Å². The third kappa shape index (κ3) is 3.36. The second kappa shape index (κ2) is 5.42. The molecule has 0 aromatic heterocycles. The standard InChI is InChI=1S/C12H16FNO4S2/c1-10-8-14(5-6-19(15,16)9-10)20(17,18)12-4-2-3-11(13)7-12/h2-4,7,10H,5-6,8-9H2,1H3. The minimum atomic E-state index is -3.86. The van der Waals surface area contributed by atoms with Crippen LogP contribution in [0.25, 0.3) is 0 Å². The van der Waals surface area contributed by atoms with Crippen LogP contribution >= 0.6 is 0 Å². The lowest BCUT2D eigenvalue weighted by molar-refractivity contribution is 0.391. The molecule has 1 heterocycles. The van der Waals surface area contributed by atoms with Gasteiger partial charge in [-0.1, -0.05) is 13.0 Å². The monoisotopic (exact) mass is 321 g/mol. The summed E-state index contributed by atoms with van der Waals surface area (Å²) in [5, 5.41) is 0. The molecule has 0 bridgehead atoms. The van der Waals surface area contributed by atoms with Gasteiger partial charge >= 0.3 is 0 Å². The first-order valence-electron chi connectivity index (χ1n) is 6.17. The molecule has 1 saturated heterocycles. The van der Waals surface area contributed by atoms with Crippen molar-refractivity contribution in [2.24, 2.45) is 5.92 Å². The predicted molar refractivity (Wildman–Crippen MR) is 73.0 cm³/mol. The molecule has 1 aliphatic rings. The van der Waals surface area contributed by atoms with Crippen molar-refractivity contribution in [2.75, 3.05) is 24.6 Å². The summed E-state index contributed by atoms with van der Waals surface area (Å²) in [6.45, 7) is 1.72. The third-order valence-corrected chi connectivity index (χ3v) is 6.88. The average molecular weight is 321 g/mol. The Morgan fingerprint density at radius 3 is 2.70 bits per heavy atom. The number of sulfone groups is 1. The van der Waals surface area contributed by atoms with Gasteiger partial charge in [0, 0.05) is 13.1 Å². The van der Waals surface area contributed by atoms with Gasteiger partial charge in [0.25, 0.3) is 0 Å². The lowest BCUT2D eigenvalue weighted by Gasteiger charge is -2.21. The van der Waals surface area contributed by atoms with Gasteiger partial charge in [0.2, 0.25) is 10.0 Å². The van der Waals surface area contributed by atoms with Crippen LogP contribution in [0.15, 0.2) is 29.2 Å². The maximum atomic E-state index is 13.2. The minimum absolute atomic E-state index is 0.0256. The third-order valence-electron chi connectivity index (χ3n) is 3.14. The SMILES string of the molecule is CC1CN(S(=O)(=O)c2cccc(F)c2)CCS(=O)(=O)C1. The van der Waals surface area contributed by atoms with Crippen LogP contribution in [-0.4, -0.2) is 45.7 Å². The van der Waals surface area contributed by atoms with Crippen molar-refractivity contribution in [2.45, 2.75) is 11.8 Å². The maximum absolute atomic E-state index is 13.2. The Balaban J connectivity index is 2.35. The van der Waals surface area contributed by atoms with Crippen LogP contribution in [0.4, 0.5) is 4.39 Å². The van der Waals surface area contributed by atoms with Crippen LogP contribution in [-0.2, 0) is 19.9 Å². The molecule has 1 fully saturated rings. The largest absolute Gasteiger partial charge is 0.243 e. The molecule has 1 aromatic carbocycles. The second-order valence-corrected chi connectivity index (χ2v) is 9.21. The molecule has 8 heteroatoms. The van der Waals surface area contributed by atoms with Crippen molar-refractivity contribution >= 4 is 19.9 Å². The molecule has 1 aliphatic heterocycles. The summed E-state index contributed by atoms with van der Waals surface area (Å²) in [6, 6.07) is 4.73. The Hall–Kier alpha value is -0.990. The van der Waals surface area contributed by atoms with Gasteiger partial charge in [-0.2, -0.15) is 4.31 Å². The molecule has 1 atom stereocenters. The van der Waals surface area contributed by atoms with Crippen LogP contribution in [0.2, 0.25) is 0 Å². The number of halogens is 1. The molecule has 1 unspecified atom stereocenters. The molecule has 112 valence electrons. The van der Waals surface area contributed by atoms with Crippen molar-refractivity contribution in [3.8, 4) is 0 Å². The fraction of sp³-hybridized carbons (Fsp3) is 0.500. The van der Waals surface area contributed by atoms with E-state index in [4.69, 9.17) is 0 Å². The summed E-state index contributed by atoms with van der Waals surface area (Å²) in [4.78, 5) is -0.149. The molecule has 1 aromatic rings. The van der Waals surface area contributed by atoms with Crippen LogP contribution in [0, 0.1) is 11.7 Å². The Bertz CT molecular complexity index is 700. The van der Waals surface area contributed by atoms with Crippen molar-refractivity contribution in [1.29, 1.82) is 0 Å². The van der Waals surface area contributed by atoms with Crippen LogP contribution < -0.4 is 0 Å². The molecule has 2 rings (SSSR count). The Labute approximate surface area is 118 Å². The van der Waals surface area contributed by atoms with Gasteiger partial charge in [-0.3, -0.25) is 0 Å². The number of benzene rings is 1.